The van der Waals surface area contributed by atoms with E-state index in [0.717, 1.165) is 42.8 Å². The number of fused-ring (bicyclic) bond motifs is 1. The smallest absolute Gasteiger partial charge is 0.242 e. The molecule has 6 heteroatoms. The molecule has 0 aliphatic carbocycles. The summed E-state index contributed by atoms with van der Waals surface area (Å²) in [6, 6.07) is 1.87. The molecular weight excluding hydrogens is 264 g/mol. The molecule has 1 saturated heterocycles. The number of carbonyl (C=O) groups is 1. The first kappa shape index (κ1) is 12.4. The van der Waals surface area contributed by atoms with Crippen LogP contribution in [0.2, 0.25) is 0 Å². The van der Waals surface area contributed by atoms with Gasteiger partial charge in [0.15, 0.2) is 0 Å². The van der Waals surface area contributed by atoms with Crippen molar-refractivity contribution in [1.82, 2.24) is 19.4 Å². The number of rotatable bonds is 3. The summed E-state index contributed by atoms with van der Waals surface area (Å²) in [4.78, 5) is 22.6. The maximum absolute atomic E-state index is 12.2. The molecule has 5 nitrogen and oxygen atoms in total. The Morgan fingerprint density at radius 1 is 1.37 bits per heavy atom. The minimum atomic E-state index is 0.139. The van der Waals surface area contributed by atoms with Crippen molar-refractivity contribution in [2.45, 2.75) is 25.3 Å². The van der Waals surface area contributed by atoms with Gasteiger partial charge in [-0.25, -0.2) is 4.98 Å². The van der Waals surface area contributed by atoms with Crippen LogP contribution in [-0.2, 0) is 17.2 Å². The van der Waals surface area contributed by atoms with Crippen molar-refractivity contribution in [1.29, 1.82) is 0 Å². The van der Waals surface area contributed by atoms with E-state index >= 15 is 0 Å². The molecule has 1 aliphatic rings. The van der Waals surface area contributed by atoms with Crippen LogP contribution in [0, 0.1) is 0 Å². The van der Waals surface area contributed by atoms with Gasteiger partial charge in [-0.1, -0.05) is 0 Å². The van der Waals surface area contributed by atoms with Gasteiger partial charge in [-0.3, -0.25) is 9.78 Å². The van der Waals surface area contributed by atoms with Gasteiger partial charge in [0.2, 0.25) is 5.91 Å². The Hall–Kier alpha value is -1.62. The number of amides is 1. The van der Waals surface area contributed by atoms with Crippen LogP contribution in [0.25, 0.3) is 11.0 Å². The zero-order valence-corrected chi connectivity index (χ0v) is 11.3. The third-order valence-electron chi connectivity index (χ3n) is 3.50. The molecule has 0 radical (unpaired) electrons. The molecule has 0 atom stereocenters. The molecule has 2 aromatic heterocycles. The molecule has 1 amide bonds. The number of pyridine rings is 1. The third kappa shape index (κ3) is 2.30. The van der Waals surface area contributed by atoms with Gasteiger partial charge in [0.1, 0.15) is 17.9 Å². The summed E-state index contributed by atoms with van der Waals surface area (Å²) >= 11 is 5.92. The molecule has 0 spiro atoms. The van der Waals surface area contributed by atoms with E-state index in [1.807, 2.05) is 15.5 Å². The van der Waals surface area contributed by atoms with E-state index in [1.54, 1.807) is 12.4 Å². The van der Waals surface area contributed by atoms with E-state index in [1.165, 1.54) is 0 Å². The second-order valence-electron chi connectivity index (χ2n) is 4.70. The Morgan fingerprint density at radius 2 is 2.16 bits per heavy atom. The zero-order valence-electron chi connectivity index (χ0n) is 10.5. The average molecular weight is 279 g/mol. The summed E-state index contributed by atoms with van der Waals surface area (Å²) < 4.78 is 1.89. The number of halogens is 1. The monoisotopic (exact) mass is 278 g/mol. The lowest BCUT2D eigenvalue weighted by atomic mass is 10.4. The third-order valence-corrected chi connectivity index (χ3v) is 3.74. The average Bonchev–Trinajstić information content (AvgIpc) is 3.06. The fourth-order valence-corrected chi connectivity index (χ4v) is 2.72. The van der Waals surface area contributed by atoms with Crippen molar-refractivity contribution in [3.8, 4) is 0 Å². The summed E-state index contributed by atoms with van der Waals surface area (Å²) in [5, 5.41) is 0. The van der Waals surface area contributed by atoms with Crippen molar-refractivity contribution < 1.29 is 4.79 Å². The highest BCUT2D eigenvalue weighted by Crippen LogP contribution is 2.17. The molecule has 100 valence electrons. The fourth-order valence-electron chi connectivity index (χ4n) is 2.51. The van der Waals surface area contributed by atoms with Crippen LogP contribution in [0.3, 0.4) is 0 Å². The van der Waals surface area contributed by atoms with Gasteiger partial charge < -0.3 is 9.47 Å². The summed E-state index contributed by atoms with van der Waals surface area (Å²) in [6.07, 6.45) is 5.60. The molecule has 0 bridgehead atoms. The number of aromatic nitrogens is 3. The Balaban J connectivity index is 1.92. The molecule has 19 heavy (non-hydrogen) atoms. The quantitative estimate of drug-likeness (QED) is 0.805. The van der Waals surface area contributed by atoms with Gasteiger partial charge >= 0.3 is 0 Å². The molecule has 1 fully saturated rings. The minimum absolute atomic E-state index is 0.139. The highest BCUT2D eigenvalue weighted by molar-refractivity contribution is 6.16. The highest BCUT2D eigenvalue weighted by atomic mass is 35.5. The van der Waals surface area contributed by atoms with Crippen LogP contribution in [-0.4, -0.2) is 38.4 Å². The number of imidazole rings is 1. The van der Waals surface area contributed by atoms with Crippen LogP contribution >= 0.6 is 11.6 Å². The van der Waals surface area contributed by atoms with E-state index in [4.69, 9.17) is 11.6 Å². The van der Waals surface area contributed by atoms with Crippen molar-refractivity contribution in [2.24, 2.45) is 0 Å². The van der Waals surface area contributed by atoms with Gasteiger partial charge in [0.05, 0.1) is 17.6 Å². The number of carbonyl (C=O) groups excluding carboxylic acids is 1. The second kappa shape index (κ2) is 5.17. The molecule has 3 heterocycles. The first-order valence-electron chi connectivity index (χ1n) is 6.42. The first-order chi connectivity index (χ1) is 9.29. The number of likely N-dealkylation sites (tertiary alicyclic amines) is 1. The van der Waals surface area contributed by atoms with Gasteiger partial charge in [0.25, 0.3) is 0 Å². The maximum atomic E-state index is 12.2. The topological polar surface area (TPSA) is 51.0 Å². The molecule has 0 aromatic carbocycles. The summed E-state index contributed by atoms with van der Waals surface area (Å²) in [6.45, 7) is 2.04. The van der Waals surface area contributed by atoms with Gasteiger partial charge in [0, 0.05) is 19.3 Å². The van der Waals surface area contributed by atoms with E-state index in [2.05, 4.69) is 9.97 Å². The number of hydrogen-bond donors (Lipinski definition) is 0. The number of alkyl halides is 1. The number of nitrogens with zero attached hydrogens (tertiary/aromatic N) is 4. The Kier molecular flexibility index (Phi) is 3.38. The minimum Gasteiger partial charge on any atom is -0.341 e. The normalized spacial score (nSPS) is 15.3. The lowest BCUT2D eigenvalue weighted by Crippen LogP contribution is -2.31. The molecule has 2 aromatic rings. The molecule has 0 unspecified atom stereocenters. The molecule has 0 N–H and O–H groups in total. The van der Waals surface area contributed by atoms with Gasteiger partial charge in [-0.05, 0) is 18.9 Å². The SMILES string of the molecule is O=C(Cn1c(CCl)nc2cnccc21)N1CCCC1. The molecule has 1 aliphatic heterocycles. The lowest BCUT2D eigenvalue weighted by molar-refractivity contribution is -0.130. The largest absolute Gasteiger partial charge is 0.341 e. The van der Waals surface area contributed by atoms with Crippen LogP contribution in [0.5, 0.6) is 0 Å². The van der Waals surface area contributed by atoms with Crippen LogP contribution in [0.4, 0.5) is 0 Å². The summed E-state index contributed by atoms with van der Waals surface area (Å²) in [7, 11) is 0. The van der Waals surface area contributed by atoms with Crippen LogP contribution < -0.4 is 0 Å². The molecular formula is C13H15ClN4O. The Bertz CT molecular complexity index is 604. The summed E-state index contributed by atoms with van der Waals surface area (Å²) in [5.74, 6) is 1.15. The highest BCUT2D eigenvalue weighted by Gasteiger charge is 2.20. The van der Waals surface area contributed by atoms with Crippen LogP contribution in [0.15, 0.2) is 18.5 Å². The standard InChI is InChI=1S/C13H15ClN4O/c14-7-12-16-10-8-15-4-3-11(10)18(12)9-13(19)17-5-1-2-6-17/h3-4,8H,1-2,5-7,9H2. The Morgan fingerprint density at radius 3 is 2.89 bits per heavy atom. The molecule has 3 rings (SSSR count). The van der Waals surface area contributed by atoms with E-state index in [0.29, 0.717) is 12.4 Å². The summed E-state index contributed by atoms with van der Waals surface area (Å²) in [5.41, 5.74) is 1.70. The lowest BCUT2D eigenvalue weighted by Gasteiger charge is -2.16. The fraction of sp³-hybridized carbons (Fsp3) is 0.462. The van der Waals surface area contributed by atoms with E-state index < -0.39 is 0 Å². The predicted molar refractivity (Wildman–Crippen MR) is 72.9 cm³/mol. The second-order valence-corrected chi connectivity index (χ2v) is 4.97. The van der Waals surface area contributed by atoms with E-state index in [9.17, 15) is 4.79 Å². The predicted octanol–water partition coefficient (Wildman–Crippen LogP) is 1.79. The van der Waals surface area contributed by atoms with Crippen molar-refractivity contribution in [3.05, 3.63) is 24.3 Å². The van der Waals surface area contributed by atoms with Crippen molar-refractivity contribution in [2.75, 3.05) is 13.1 Å². The molecule has 0 saturated carbocycles. The Labute approximate surface area is 116 Å². The van der Waals surface area contributed by atoms with Crippen molar-refractivity contribution in [3.63, 3.8) is 0 Å². The maximum Gasteiger partial charge on any atom is 0.242 e. The van der Waals surface area contributed by atoms with Gasteiger partial charge in [-0.2, -0.15) is 0 Å². The number of hydrogen-bond acceptors (Lipinski definition) is 3. The zero-order chi connectivity index (χ0) is 13.2. The first-order valence-corrected chi connectivity index (χ1v) is 6.96. The van der Waals surface area contributed by atoms with Crippen LogP contribution in [0.1, 0.15) is 18.7 Å². The van der Waals surface area contributed by atoms with Gasteiger partial charge in [-0.15, -0.1) is 11.6 Å². The van der Waals surface area contributed by atoms with Crippen molar-refractivity contribution >= 4 is 28.5 Å². The van der Waals surface area contributed by atoms with E-state index in [-0.39, 0.29) is 5.91 Å².